The second kappa shape index (κ2) is 10.5. The van der Waals surface area contributed by atoms with Crippen molar-refractivity contribution in [2.24, 2.45) is 10.7 Å². The SMILES string of the molecule is CCOC(=O)c1ccc(/C(N)=C2\CCCCC2=NC(=O)c2c(C(F)(F)F)cccc2C(F)(F)F)cc1. The monoisotopic (exact) mass is 512 g/mol. The Balaban J connectivity index is 2.07. The second-order valence-electron chi connectivity index (χ2n) is 7.98. The molecule has 1 aliphatic rings. The lowest BCUT2D eigenvalue weighted by molar-refractivity contribution is -0.143. The molecule has 5 nitrogen and oxygen atoms in total. The molecule has 0 saturated heterocycles. The summed E-state index contributed by atoms with van der Waals surface area (Å²) in [5.74, 6) is -2.18. The zero-order chi connectivity index (χ0) is 26.7. The maximum absolute atomic E-state index is 13.5. The van der Waals surface area contributed by atoms with Crippen LogP contribution in [0.4, 0.5) is 26.3 Å². The van der Waals surface area contributed by atoms with Crippen molar-refractivity contribution in [2.75, 3.05) is 6.61 Å². The molecule has 0 atom stereocenters. The van der Waals surface area contributed by atoms with Crippen LogP contribution in [0.5, 0.6) is 0 Å². The molecule has 1 aliphatic carbocycles. The number of nitrogens with two attached hydrogens (primary N) is 1. The fourth-order valence-electron chi connectivity index (χ4n) is 3.91. The smallest absolute Gasteiger partial charge is 0.417 e. The molecule has 2 N–H and O–H groups in total. The van der Waals surface area contributed by atoms with Gasteiger partial charge in [-0.2, -0.15) is 26.3 Å². The molecule has 0 heterocycles. The maximum Gasteiger partial charge on any atom is 0.417 e. The first-order valence-electron chi connectivity index (χ1n) is 11.0. The van der Waals surface area contributed by atoms with E-state index in [-0.39, 0.29) is 30.0 Å². The van der Waals surface area contributed by atoms with Gasteiger partial charge in [0.25, 0.3) is 5.91 Å². The Morgan fingerprint density at radius 3 is 1.94 bits per heavy atom. The van der Waals surface area contributed by atoms with E-state index in [2.05, 4.69) is 4.99 Å². The number of carbonyl (C=O) groups is 2. The summed E-state index contributed by atoms with van der Waals surface area (Å²) in [6, 6.07) is 7.44. The number of ether oxygens (including phenoxy) is 1. The van der Waals surface area contributed by atoms with Crippen LogP contribution in [0.25, 0.3) is 5.70 Å². The topological polar surface area (TPSA) is 81.8 Å². The molecule has 0 radical (unpaired) electrons. The molecule has 0 aliphatic heterocycles. The molecular weight excluding hydrogens is 490 g/mol. The fourth-order valence-corrected chi connectivity index (χ4v) is 3.91. The first kappa shape index (κ1) is 27.0. The fraction of sp³-hybridized carbons (Fsp3) is 0.320. The van der Waals surface area contributed by atoms with Crippen molar-refractivity contribution in [3.63, 3.8) is 0 Å². The Hall–Kier alpha value is -3.63. The van der Waals surface area contributed by atoms with E-state index < -0.39 is 40.9 Å². The predicted octanol–water partition coefficient (Wildman–Crippen LogP) is 6.43. The van der Waals surface area contributed by atoms with E-state index in [0.29, 0.717) is 48.6 Å². The number of aliphatic imine (C=N–C) groups is 1. The molecule has 2 aromatic carbocycles. The standard InChI is InChI=1S/C25H22F6N2O3/c1-2-36-23(35)15-12-10-14(11-13-15)21(32)16-6-3-4-9-19(16)33-22(34)20-17(24(26,27)28)7-5-8-18(20)25(29,30)31/h5,7-8,10-13H,2-4,6,9,32H2,1H3/b21-16-,33-19?. The van der Waals surface area contributed by atoms with Crippen LogP contribution in [0, 0.1) is 0 Å². The Kier molecular flexibility index (Phi) is 7.90. The molecule has 0 unspecified atom stereocenters. The summed E-state index contributed by atoms with van der Waals surface area (Å²) in [6.45, 7) is 1.85. The molecule has 2 aromatic rings. The number of hydrogen-bond donors (Lipinski definition) is 1. The number of alkyl halides is 6. The van der Waals surface area contributed by atoms with Crippen molar-refractivity contribution in [3.05, 3.63) is 75.9 Å². The van der Waals surface area contributed by atoms with Crippen LogP contribution in [-0.2, 0) is 17.1 Å². The van der Waals surface area contributed by atoms with Gasteiger partial charge < -0.3 is 10.5 Å². The van der Waals surface area contributed by atoms with Crippen LogP contribution in [0.1, 0.15) is 70.0 Å². The van der Waals surface area contributed by atoms with Crippen molar-refractivity contribution in [1.82, 2.24) is 0 Å². The molecule has 3 rings (SSSR count). The van der Waals surface area contributed by atoms with Crippen molar-refractivity contribution >= 4 is 23.3 Å². The average molecular weight is 512 g/mol. The van der Waals surface area contributed by atoms with Crippen LogP contribution in [0.3, 0.4) is 0 Å². The van der Waals surface area contributed by atoms with Crippen LogP contribution in [0.2, 0.25) is 0 Å². The number of esters is 1. The van der Waals surface area contributed by atoms with Gasteiger partial charge in [-0.25, -0.2) is 9.79 Å². The largest absolute Gasteiger partial charge is 0.462 e. The van der Waals surface area contributed by atoms with Gasteiger partial charge in [-0.05, 0) is 68.0 Å². The van der Waals surface area contributed by atoms with Gasteiger partial charge in [-0.3, -0.25) is 4.79 Å². The highest BCUT2D eigenvalue weighted by Crippen LogP contribution is 2.40. The third-order valence-corrected chi connectivity index (χ3v) is 5.60. The molecule has 36 heavy (non-hydrogen) atoms. The Labute approximate surface area is 202 Å². The van der Waals surface area contributed by atoms with Crippen LogP contribution >= 0.6 is 0 Å². The number of carbonyl (C=O) groups excluding carboxylic acids is 2. The highest BCUT2D eigenvalue weighted by molar-refractivity contribution is 6.14. The van der Waals surface area contributed by atoms with Gasteiger partial charge in [0.15, 0.2) is 0 Å². The Bertz CT molecular complexity index is 1180. The van der Waals surface area contributed by atoms with Crippen LogP contribution in [0.15, 0.2) is 53.0 Å². The van der Waals surface area contributed by atoms with E-state index in [1.165, 1.54) is 24.3 Å². The third-order valence-electron chi connectivity index (χ3n) is 5.60. The number of hydrogen-bond acceptors (Lipinski definition) is 4. The van der Waals surface area contributed by atoms with Crippen molar-refractivity contribution < 1.29 is 40.7 Å². The molecule has 1 amide bonds. The number of allylic oxidation sites excluding steroid dienone is 1. The van der Waals surface area contributed by atoms with E-state index in [1.54, 1.807) is 6.92 Å². The van der Waals surface area contributed by atoms with Crippen molar-refractivity contribution in [2.45, 2.75) is 45.0 Å². The van der Waals surface area contributed by atoms with Gasteiger partial charge in [0.2, 0.25) is 0 Å². The molecule has 11 heteroatoms. The average Bonchev–Trinajstić information content (AvgIpc) is 2.82. The van der Waals surface area contributed by atoms with E-state index in [4.69, 9.17) is 10.5 Å². The summed E-state index contributed by atoms with van der Waals surface area (Å²) in [5, 5.41) is 0. The zero-order valence-electron chi connectivity index (χ0n) is 19.1. The quantitative estimate of drug-likeness (QED) is 0.378. The third kappa shape index (κ3) is 5.95. The second-order valence-corrected chi connectivity index (χ2v) is 7.98. The zero-order valence-corrected chi connectivity index (χ0v) is 19.1. The van der Waals surface area contributed by atoms with E-state index >= 15 is 0 Å². The Morgan fingerprint density at radius 2 is 1.42 bits per heavy atom. The number of nitrogens with zero attached hydrogens (tertiary/aromatic N) is 1. The maximum atomic E-state index is 13.5. The normalized spacial score (nSPS) is 17.1. The van der Waals surface area contributed by atoms with Gasteiger partial charge in [0.1, 0.15) is 0 Å². The van der Waals surface area contributed by atoms with E-state index in [9.17, 15) is 35.9 Å². The van der Waals surface area contributed by atoms with Crippen molar-refractivity contribution in [3.8, 4) is 0 Å². The molecule has 1 saturated carbocycles. The molecule has 0 aromatic heterocycles. The lowest BCUT2D eigenvalue weighted by Gasteiger charge is -2.21. The van der Waals surface area contributed by atoms with Crippen LogP contribution < -0.4 is 5.73 Å². The lowest BCUT2D eigenvalue weighted by atomic mass is 9.89. The summed E-state index contributed by atoms with van der Waals surface area (Å²) in [6.07, 6.45) is -8.76. The van der Waals surface area contributed by atoms with Gasteiger partial charge in [0, 0.05) is 11.4 Å². The lowest BCUT2D eigenvalue weighted by Crippen LogP contribution is -2.21. The predicted molar refractivity (Wildman–Crippen MR) is 120 cm³/mol. The minimum atomic E-state index is -5.20. The number of rotatable bonds is 4. The summed E-state index contributed by atoms with van der Waals surface area (Å²) < 4.78 is 85.9. The summed E-state index contributed by atoms with van der Waals surface area (Å²) in [4.78, 5) is 28.4. The summed E-state index contributed by atoms with van der Waals surface area (Å²) >= 11 is 0. The minimum Gasteiger partial charge on any atom is -0.462 e. The minimum absolute atomic E-state index is 0.0309. The van der Waals surface area contributed by atoms with E-state index in [0.717, 1.165) is 0 Å². The highest BCUT2D eigenvalue weighted by Gasteiger charge is 2.43. The van der Waals surface area contributed by atoms with E-state index in [1.807, 2.05) is 0 Å². The first-order chi connectivity index (χ1) is 16.8. The molecule has 0 spiro atoms. The molecule has 1 fully saturated rings. The van der Waals surface area contributed by atoms with Gasteiger partial charge in [-0.1, -0.05) is 18.2 Å². The van der Waals surface area contributed by atoms with Gasteiger partial charge >= 0.3 is 18.3 Å². The number of benzene rings is 2. The molecule has 0 bridgehead atoms. The summed E-state index contributed by atoms with van der Waals surface area (Å²) in [5.41, 5.74) is 2.57. The summed E-state index contributed by atoms with van der Waals surface area (Å²) in [7, 11) is 0. The highest BCUT2D eigenvalue weighted by atomic mass is 19.4. The van der Waals surface area contributed by atoms with Gasteiger partial charge in [-0.15, -0.1) is 0 Å². The molecular formula is C25H22F6N2O3. The number of halogens is 6. The van der Waals surface area contributed by atoms with Crippen molar-refractivity contribution in [1.29, 1.82) is 0 Å². The Morgan fingerprint density at radius 1 is 0.889 bits per heavy atom. The first-order valence-corrected chi connectivity index (χ1v) is 11.0. The van der Waals surface area contributed by atoms with Crippen LogP contribution in [-0.4, -0.2) is 24.2 Å². The van der Waals surface area contributed by atoms with Gasteiger partial charge in [0.05, 0.1) is 28.9 Å². The molecule has 192 valence electrons. The number of amides is 1.